The second kappa shape index (κ2) is 7.49. The molecule has 0 saturated carbocycles. The Morgan fingerprint density at radius 1 is 1.29 bits per heavy atom. The Labute approximate surface area is 145 Å². The van der Waals surface area contributed by atoms with E-state index in [-0.39, 0.29) is 12.5 Å². The second-order valence-corrected chi connectivity index (χ2v) is 7.03. The van der Waals surface area contributed by atoms with Crippen molar-refractivity contribution in [1.82, 2.24) is 4.98 Å². The number of aromatic nitrogens is 1. The van der Waals surface area contributed by atoms with Gasteiger partial charge in [0.1, 0.15) is 0 Å². The highest BCUT2D eigenvalue weighted by Crippen LogP contribution is 2.37. The number of ether oxygens (including phenoxy) is 1. The molecule has 5 nitrogen and oxygen atoms in total. The molecule has 0 radical (unpaired) electrons. The lowest BCUT2D eigenvalue weighted by Crippen LogP contribution is -2.35. The maximum atomic E-state index is 12.6. The molecule has 6 heteroatoms. The fraction of sp³-hybridized carbons (Fsp3) is 0.278. The van der Waals surface area contributed by atoms with Crippen molar-refractivity contribution in [1.29, 1.82) is 0 Å². The summed E-state index contributed by atoms with van der Waals surface area (Å²) in [5.74, 6) is -0.753. The SMILES string of the molecule is C[C@@H]1CCN(C(=O)COC(=O)c2cccnc2)c2ccccc2S1. The van der Waals surface area contributed by atoms with Gasteiger partial charge in [-0.3, -0.25) is 9.78 Å². The zero-order chi connectivity index (χ0) is 16.9. The van der Waals surface area contributed by atoms with Gasteiger partial charge in [0.2, 0.25) is 0 Å². The highest BCUT2D eigenvalue weighted by Gasteiger charge is 2.24. The molecule has 0 saturated heterocycles. The minimum Gasteiger partial charge on any atom is -0.452 e. The van der Waals surface area contributed by atoms with Crippen LogP contribution < -0.4 is 4.90 Å². The molecule has 1 aliphatic rings. The van der Waals surface area contributed by atoms with E-state index in [1.807, 2.05) is 24.3 Å². The van der Waals surface area contributed by atoms with E-state index in [4.69, 9.17) is 4.74 Å². The zero-order valence-electron chi connectivity index (χ0n) is 13.3. The standard InChI is InChI=1S/C18H18N2O3S/c1-13-8-10-20(15-6-2-3-7-16(15)24-13)17(21)12-23-18(22)14-5-4-9-19-11-14/h2-7,9,11,13H,8,10,12H2,1H3/t13-/m1/s1. The number of benzene rings is 1. The van der Waals surface area contributed by atoms with E-state index in [2.05, 4.69) is 11.9 Å². The first-order valence-corrected chi connectivity index (χ1v) is 8.66. The van der Waals surface area contributed by atoms with Crippen LogP contribution in [0.2, 0.25) is 0 Å². The molecule has 1 atom stereocenters. The maximum absolute atomic E-state index is 12.6. The van der Waals surface area contributed by atoms with E-state index in [0.717, 1.165) is 17.0 Å². The fourth-order valence-corrected chi connectivity index (χ4v) is 3.63. The van der Waals surface area contributed by atoms with Gasteiger partial charge in [-0.25, -0.2) is 4.79 Å². The zero-order valence-corrected chi connectivity index (χ0v) is 14.2. The molecule has 2 heterocycles. The Morgan fingerprint density at radius 3 is 2.92 bits per heavy atom. The number of pyridine rings is 1. The van der Waals surface area contributed by atoms with Crippen molar-refractivity contribution in [2.24, 2.45) is 0 Å². The summed E-state index contributed by atoms with van der Waals surface area (Å²) in [6.07, 6.45) is 3.89. The lowest BCUT2D eigenvalue weighted by molar-refractivity contribution is -0.121. The number of anilines is 1. The molecule has 0 unspecified atom stereocenters. The average Bonchev–Trinajstić information content (AvgIpc) is 2.78. The number of rotatable bonds is 3. The first kappa shape index (κ1) is 16.5. The Hall–Kier alpha value is -2.34. The number of amides is 1. The minimum atomic E-state index is -0.540. The lowest BCUT2D eigenvalue weighted by atomic mass is 10.2. The molecule has 1 amide bonds. The molecule has 124 valence electrons. The van der Waals surface area contributed by atoms with E-state index in [9.17, 15) is 9.59 Å². The number of fused-ring (bicyclic) bond motifs is 1. The molecule has 1 aliphatic heterocycles. The number of esters is 1. The van der Waals surface area contributed by atoms with Crippen LogP contribution in [0.1, 0.15) is 23.7 Å². The van der Waals surface area contributed by atoms with E-state index >= 15 is 0 Å². The van der Waals surface area contributed by atoms with Crippen LogP contribution >= 0.6 is 11.8 Å². The van der Waals surface area contributed by atoms with Gasteiger partial charge >= 0.3 is 5.97 Å². The molecule has 24 heavy (non-hydrogen) atoms. The second-order valence-electron chi connectivity index (χ2n) is 5.55. The van der Waals surface area contributed by atoms with Gasteiger partial charge in [0, 0.05) is 29.1 Å². The van der Waals surface area contributed by atoms with Gasteiger partial charge in [0.25, 0.3) is 5.91 Å². The summed E-state index contributed by atoms with van der Waals surface area (Å²) in [7, 11) is 0. The van der Waals surface area contributed by atoms with Crippen molar-refractivity contribution in [3.8, 4) is 0 Å². The maximum Gasteiger partial charge on any atom is 0.340 e. The van der Waals surface area contributed by atoms with Crippen molar-refractivity contribution in [2.75, 3.05) is 18.1 Å². The fourth-order valence-electron chi connectivity index (χ4n) is 2.52. The van der Waals surface area contributed by atoms with Gasteiger partial charge in [-0.1, -0.05) is 19.1 Å². The summed E-state index contributed by atoms with van der Waals surface area (Å²) < 4.78 is 5.15. The van der Waals surface area contributed by atoms with Crippen molar-refractivity contribution in [3.05, 3.63) is 54.4 Å². The molecule has 1 aromatic carbocycles. The molecule has 0 aliphatic carbocycles. The third-order valence-corrected chi connectivity index (χ3v) is 5.01. The van der Waals surface area contributed by atoms with Crippen LogP contribution in [-0.4, -0.2) is 35.3 Å². The van der Waals surface area contributed by atoms with Crippen molar-refractivity contribution >= 4 is 29.3 Å². The van der Waals surface area contributed by atoms with E-state index in [1.54, 1.807) is 35.0 Å². The number of hydrogen-bond donors (Lipinski definition) is 0. The summed E-state index contributed by atoms with van der Waals surface area (Å²) in [5, 5.41) is 0.432. The Morgan fingerprint density at radius 2 is 2.12 bits per heavy atom. The van der Waals surface area contributed by atoms with Crippen LogP contribution in [-0.2, 0) is 9.53 Å². The van der Waals surface area contributed by atoms with Crippen LogP contribution in [0, 0.1) is 0 Å². The van der Waals surface area contributed by atoms with Crippen LogP contribution in [0.15, 0.2) is 53.7 Å². The predicted molar refractivity (Wildman–Crippen MR) is 93.3 cm³/mol. The average molecular weight is 342 g/mol. The Kier molecular flexibility index (Phi) is 5.15. The predicted octanol–water partition coefficient (Wildman–Crippen LogP) is 3.16. The van der Waals surface area contributed by atoms with Crippen molar-refractivity contribution in [3.63, 3.8) is 0 Å². The van der Waals surface area contributed by atoms with Gasteiger partial charge < -0.3 is 9.64 Å². The van der Waals surface area contributed by atoms with Gasteiger partial charge in [-0.15, -0.1) is 11.8 Å². The first-order chi connectivity index (χ1) is 11.6. The van der Waals surface area contributed by atoms with Crippen molar-refractivity contribution in [2.45, 2.75) is 23.5 Å². The largest absolute Gasteiger partial charge is 0.452 e. The van der Waals surface area contributed by atoms with Gasteiger partial charge in [-0.2, -0.15) is 0 Å². The number of nitrogens with zero attached hydrogens (tertiary/aromatic N) is 2. The highest BCUT2D eigenvalue weighted by molar-refractivity contribution is 8.00. The normalized spacial score (nSPS) is 16.9. The minimum absolute atomic E-state index is 0.214. The van der Waals surface area contributed by atoms with Gasteiger partial charge in [0.05, 0.1) is 11.3 Å². The number of carbonyl (C=O) groups is 2. The third-order valence-electron chi connectivity index (χ3n) is 3.77. The Balaban J connectivity index is 1.70. The summed E-state index contributed by atoms with van der Waals surface area (Å²) in [6.45, 7) is 2.49. The highest BCUT2D eigenvalue weighted by atomic mass is 32.2. The molecular weight excluding hydrogens is 324 g/mol. The van der Waals surface area contributed by atoms with Gasteiger partial charge in [-0.05, 0) is 30.7 Å². The van der Waals surface area contributed by atoms with Crippen LogP contribution in [0.4, 0.5) is 5.69 Å². The Bertz CT molecular complexity index is 736. The van der Waals surface area contributed by atoms with Gasteiger partial charge in [0.15, 0.2) is 6.61 Å². The molecule has 3 rings (SSSR count). The number of carbonyl (C=O) groups excluding carboxylic acids is 2. The van der Waals surface area contributed by atoms with Crippen LogP contribution in [0.5, 0.6) is 0 Å². The molecule has 0 spiro atoms. The summed E-state index contributed by atoms with van der Waals surface area (Å²) in [5.41, 5.74) is 1.22. The van der Waals surface area contributed by atoms with Crippen LogP contribution in [0.25, 0.3) is 0 Å². The molecule has 0 bridgehead atoms. The number of hydrogen-bond acceptors (Lipinski definition) is 5. The monoisotopic (exact) mass is 342 g/mol. The lowest BCUT2D eigenvalue weighted by Gasteiger charge is -2.22. The van der Waals surface area contributed by atoms with E-state index in [1.165, 1.54) is 6.20 Å². The quantitative estimate of drug-likeness (QED) is 0.802. The number of thioether (sulfide) groups is 1. The van der Waals surface area contributed by atoms with E-state index < -0.39 is 5.97 Å². The van der Waals surface area contributed by atoms with Crippen LogP contribution in [0.3, 0.4) is 0 Å². The third kappa shape index (κ3) is 3.76. The summed E-state index contributed by atoms with van der Waals surface area (Å²) in [4.78, 5) is 31.2. The molecule has 0 N–H and O–H groups in total. The van der Waals surface area contributed by atoms with Crippen molar-refractivity contribution < 1.29 is 14.3 Å². The summed E-state index contributed by atoms with van der Waals surface area (Å²) in [6, 6.07) is 11.1. The molecule has 2 aromatic rings. The topological polar surface area (TPSA) is 59.5 Å². The molecular formula is C18H18N2O3S. The smallest absolute Gasteiger partial charge is 0.340 e. The first-order valence-electron chi connectivity index (χ1n) is 7.78. The number of para-hydroxylation sites is 1. The summed E-state index contributed by atoms with van der Waals surface area (Å²) >= 11 is 1.77. The molecule has 1 aromatic heterocycles. The van der Waals surface area contributed by atoms with E-state index in [0.29, 0.717) is 17.4 Å². The molecule has 0 fully saturated rings.